The maximum absolute atomic E-state index is 5.14. The summed E-state index contributed by atoms with van der Waals surface area (Å²) < 4.78 is 4.88. The van der Waals surface area contributed by atoms with Gasteiger partial charge in [0.25, 0.3) is 0 Å². The van der Waals surface area contributed by atoms with Crippen LogP contribution < -0.4 is 0 Å². The first-order chi connectivity index (χ1) is 22.8. The van der Waals surface area contributed by atoms with E-state index in [9.17, 15) is 0 Å². The molecule has 3 nitrogen and oxygen atoms in total. The molecule has 0 atom stereocenters. The molecule has 0 aliphatic rings. The second-order valence-corrected chi connectivity index (χ2v) is 12.6. The Labute approximate surface area is 270 Å². The van der Waals surface area contributed by atoms with Crippen LogP contribution in [0.3, 0.4) is 0 Å². The Morgan fingerprint density at radius 2 is 1.24 bits per heavy atom. The van der Waals surface area contributed by atoms with Crippen molar-refractivity contribution in [1.29, 1.82) is 0 Å². The first-order valence-electron chi connectivity index (χ1n) is 15.4. The van der Waals surface area contributed by atoms with Crippen LogP contribution >= 0.6 is 11.3 Å². The molecule has 6 aromatic carbocycles. The van der Waals surface area contributed by atoms with Gasteiger partial charge in [-0.1, -0.05) is 91.0 Å². The number of rotatable bonds is 5. The van der Waals surface area contributed by atoms with Crippen molar-refractivity contribution < 1.29 is 0 Å². The molecule has 0 bridgehead atoms. The second-order valence-electron chi connectivity index (χ2n) is 11.5. The summed E-state index contributed by atoms with van der Waals surface area (Å²) in [6.07, 6.45) is 1.87. The summed E-state index contributed by atoms with van der Waals surface area (Å²) in [5.41, 5.74) is 10.9. The molecule has 0 N–H and O–H groups in total. The molecule has 0 fully saturated rings. The molecule has 9 rings (SSSR count). The highest BCUT2D eigenvalue weighted by Gasteiger charge is 2.17. The van der Waals surface area contributed by atoms with Crippen LogP contribution in [-0.4, -0.2) is 14.5 Å². The van der Waals surface area contributed by atoms with Gasteiger partial charge in [-0.2, -0.15) is 0 Å². The SMILES string of the molecule is c1ccc(-c2nc3ccc(-c4cc(-c5ccccn5)cc(-c5cccc6sc7ccccc7c56)c4)cc3n2-c2ccccc2)cc1. The number of para-hydroxylation sites is 1. The average molecular weight is 606 g/mol. The number of benzene rings is 6. The number of nitrogens with zero attached hydrogens (tertiary/aromatic N) is 3. The van der Waals surface area contributed by atoms with E-state index in [1.165, 1.54) is 31.3 Å². The van der Waals surface area contributed by atoms with Crippen LogP contribution in [0.1, 0.15) is 0 Å². The highest BCUT2D eigenvalue weighted by molar-refractivity contribution is 7.25. The minimum Gasteiger partial charge on any atom is -0.292 e. The summed E-state index contributed by atoms with van der Waals surface area (Å²) in [5, 5.41) is 2.60. The quantitative estimate of drug-likeness (QED) is 0.195. The molecular weight excluding hydrogens is 579 g/mol. The van der Waals surface area contributed by atoms with Crippen molar-refractivity contribution in [2.45, 2.75) is 0 Å². The normalized spacial score (nSPS) is 11.5. The van der Waals surface area contributed by atoms with Crippen molar-refractivity contribution in [2.75, 3.05) is 0 Å². The minimum atomic E-state index is 0.929. The molecule has 9 aromatic rings. The predicted molar refractivity (Wildman–Crippen MR) is 193 cm³/mol. The van der Waals surface area contributed by atoms with E-state index in [2.05, 4.69) is 150 Å². The maximum Gasteiger partial charge on any atom is 0.145 e. The smallest absolute Gasteiger partial charge is 0.145 e. The number of imidazole rings is 1. The van der Waals surface area contributed by atoms with Crippen LogP contribution in [0.15, 0.2) is 164 Å². The van der Waals surface area contributed by atoms with Gasteiger partial charge in [0.2, 0.25) is 0 Å². The molecule has 0 aliphatic heterocycles. The number of pyridine rings is 1. The van der Waals surface area contributed by atoms with E-state index in [1.54, 1.807) is 0 Å². The molecule has 3 heterocycles. The highest BCUT2D eigenvalue weighted by Crippen LogP contribution is 2.42. The van der Waals surface area contributed by atoms with Gasteiger partial charge in [-0.15, -0.1) is 11.3 Å². The van der Waals surface area contributed by atoms with Crippen molar-refractivity contribution >= 4 is 42.5 Å². The minimum absolute atomic E-state index is 0.929. The summed E-state index contributed by atoms with van der Waals surface area (Å²) in [7, 11) is 0. The average Bonchev–Trinajstić information content (AvgIpc) is 3.71. The van der Waals surface area contributed by atoms with E-state index in [1.807, 2.05) is 29.7 Å². The van der Waals surface area contributed by atoms with Crippen LogP contribution in [0.5, 0.6) is 0 Å². The molecule has 46 heavy (non-hydrogen) atoms. The van der Waals surface area contributed by atoms with Gasteiger partial charge in [0.15, 0.2) is 0 Å². The fourth-order valence-corrected chi connectivity index (χ4v) is 7.65. The molecule has 0 unspecified atom stereocenters. The third-order valence-corrected chi connectivity index (χ3v) is 9.78. The predicted octanol–water partition coefficient (Wildman–Crippen LogP) is 11.5. The van der Waals surface area contributed by atoms with Crippen LogP contribution in [0.4, 0.5) is 0 Å². The van der Waals surface area contributed by atoms with Crippen molar-refractivity contribution in [2.24, 2.45) is 0 Å². The van der Waals surface area contributed by atoms with E-state index < -0.39 is 0 Å². The Bertz CT molecular complexity index is 2510. The largest absolute Gasteiger partial charge is 0.292 e. The Morgan fingerprint density at radius 3 is 2.09 bits per heavy atom. The van der Waals surface area contributed by atoms with Crippen LogP contribution in [-0.2, 0) is 0 Å². The number of thiophene rings is 1. The summed E-state index contributed by atoms with van der Waals surface area (Å²) in [6, 6.07) is 55.9. The lowest BCUT2D eigenvalue weighted by molar-refractivity contribution is 1.10. The van der Waals surface area contributed by atoms with E-state index in [-0.39, 0.29) is 0 Å². The van der Waals surface area contributed by atoms with Crippen molar-refractivity contribution in [3.8, 4) is 50.6 Å². The highest BCUT2D eigenvalue weighted by atomic mass is 32.1. The van der Waals surface area contributed by atoms with E-state index in [0.29, 0.717) is 0 Å². The Kier molecular flexibility index (Phi) is 6.32. The molecule has 0 amide bonds. The molecule has 3 aromatic heterocycles. The Morgan fingerprint density at radius 1 is 0.500 bits per heavy atom. The molecule has 4 heteroatoms. The van der Waals surface area contributed by atoms with Gasteiger partial charge in [0.1, 0.15) is 5.82 Å². The zero-order valence-corrected chi connectivity index (χ0v) is 25.7. The number of hydrogen-bond donors (Lipinski definition) is 0. The van der Waals surface area contributed by atoms with Crippen LogP contribution in [0, 0.1) is 0 Å². The summed E-state index contributed by atoms with van der Waals surface area (Å²) in [4.78, 5) is 9.89. The third kappa shape index (κ3) is 4.50. The van der Waals surface area contributed by atoms with E-state index >= 15 is 0 Å². The van der Waals surface area contributed by atoms with Crippen LogP contribution in [0.25, 0.3) is 81.8 Å². The molecule has 0 saturated carbocycles. The molecule has 216 valence electrons. The lowest BCUT2D eigenvalue weighted by Gasteiger charge is -2.13. The number of hydrogen-bond acceptors (Lipinski definition) is 3. The molecule has 0 spiro atoms. The molecule has 0 radical (unpaired) electrons. The fourth-order valence-electron chi connectivity index (χ4n) is 6.52. The molecule has 0 saturated heterocycles. The van der Waals surface area contributed by atoms with Gasteiger partial charge in [-0.25, -0.2) is 4.98 Å². The number of aromatic nitrogens is 3. The Balaban J connectivity index is 1.29. The standard InChI is InChI=1S/C42H27N3S/c1-3-12-28(13-4-1)42-44-37-22-21-29(27-38(37)45(42)33-14-5-2-6-15-33)30-24-31(26-32(25-30)36-18-9-10-23-43-36)34-17-11-20-40-41(34)35-16-7-8-19-39(35)46-40/h1-27H. The zero-order valence-electron chi connectivity index (χ0n) is 24.8. The first-order valence-corrected chi connectivity index (χ1v) is 16.2. The van der Waals surface area contributed by atoms with Crippen molar-refractivity contribution in [3.05, 3.63) is 164 Å². The fraction of sp³-hybridized carbons (Fsp3) is 0. The van der Waals surface area contributed by atoms with Crippen molar-refractivity contribution in [1.82, 2.24) is 14.5 Å². The number of fused-ring (bicyclic) bond motifs is 4. The summed E-state index contributed by atoms with van der Waals surface area (Å²) in [6.45, 7) is 0. The lowest BCUT2D eigenvalue weighted by atomic mass is 9.92. The molecule has 0 aliphatic carbocycles. The first kappa shape index (κ1) is 26.6. The molecular formula is C42H27N3S. The van der Waals surface area contributed by atoms with E-state index in [0.717, 1.165) is 50.5 Å². The van der Waals surface area contributed by atoms with Gasteiger partial charge in [0.05, 0.1) is 16.7 Å². The Hall–Kier alpha value is -5.84. The van der Waals surface area contributed by atoms with Gasteiger partial charge < -0.3 is 0 Å². The second kappa shape index (κ2) is 11.0. The summed E-state index contributed by atoms with van der Waals surface area (Å²) in [5.74, 6) is 0.929. The van der Waals surface area contributed by atoms with Gasteiger partial charge in [0, 0.05) is 43.2 Å². The lowest BCUT2D eigenvalue weighted by Crippen LogP contribution is -1.97. The third-order valence-electron chi connectivity index (χ3n) is 8.64. The van der Waals surface area contributed by atoms with E-state index in [4.69, 9.17) is 9.97 Å². The monoisotopic (exact) mass is 605 g/mol. The van der Waals surface area contributed by atoms with Gasteiger partial charge >= 0.3 is 0 Å². The maximum atomic E-state index is 5.14. The van der Waals surface area contributed by atoms with Crippen LogP contribution in [0.2, 0.25) is 0 Å². The van der Waals surface area contributed by atoms with Crippen molar-refractivity contribution in [3.63, 3.8) is 0 Å². The topological polar surface area (TPSA) is 30.7 Å². The summed E-state index contributed by atoms with van der Waals surface area (Å²) >= 11 is 1.85. The zero-order chi connectivity index (χ0) is 30.5. The van der Waals surface area contributed by atoms with Gasteiger partial charge in [-0.3, -0.25) is 9.55 Å². The van der Waals surface area contributed by atoms with Gasteiger partial charge in [-0.05, 0) is 89.0 Å².